The number of sulfone groups is 1. The third-order valence-corrected chi connectivity index (χ3v) is 7.99. The van der Waals surface area contributed by atoms with E-state index in [1.807, 2.05) is 0 Å². The van der Waals surface area contributed by atoms with Crippen LogP contribution in [0.15, 0.2) is 24.3 Å². The van der Waals surface area contributed by atoms with Crippen LogP contribution in [0, 0.1) is 5.92 Å². The van der Waals surface area contributed by atoms with Crippen LogP contribution in [-0.2, 0) is 19.4 Å². The van der Waals surface area contributed by atoms with E-state index < -0.39 is 32.4 Å². The van der Waals surface area contributed by atoms with Gasteiger partial charge in [0.1, 0.15) is 0 Å². The second kappa shape index (κ2) is 6.85. The van der Waals surface area contributed by atoms with Crippen LogP contribution in [0.1, 0.15) is 37.2 Å². The van der Waals surface area contributed by atoms with Crippen LogP contribution in [-0.4, -0.2) is 54.4 Å². The van der Waals surface area contributed by atoms with E-state index in [2.05, 4.69) is 0 Å². The van der Waals surface area contributed by atoms with E-state index in [1.165, 1.54) is 4.90 Å². The van der Waals surface area contributed by atoms with Gasteiger partial charge in [-0.15, -0.1) is 0 Å². The molecule has 1 aliphatic heterocycles. The molecule has 0 bridgehead atoms. The number of halogens is 1. The Morgan fingerprint density at radius 1 is 1.15 bits per heavy atom. The first-order valence-electron chi connectivity index (χ1n) is 8.63. The first-order chi connectivity index (χ1) is 12.2. The first kappa shape index (κ1) is 19.2. The van der Waals surface area contributed by atoms with Gasteiger partial charge in [-0.05, 0) is 30.5 Å². The summed E-state index contributed by atoms with van der Waals surface area (Å²) in [6.07, 6.45) is 3.11. The highest BCUT2D eigenvalue weighted by molar-refractivity contribution is 7.92. The van der Waals surface area contributed by atoms with Crippen molar-refractivity contribution in [3.63, 3.8) is 0 Å². The van der Waals surface area contributed by atoms with Gasteiger partial charge in [0.25, 0.3) is 0 Å². The molecule has 1 N–H and O–H groups in total. The predicted molar refractivity (Wildman–Crippen MR) is 97.9 cm³/mol. The molecule has 1 aromatic carbocycles. The Hall–Kier alpha value is -1.60. The Labute approximate surface area is 158 Å². The lowest BCUT2D eigenvalue weighted by atomic mass is 9.89. The lowest BCUT2D eigenvalue weighted by molar-refractivity contribution is -0.142. The number of carbonyl (C=O) groups excluding carboxylic acids is 1. The highest BCUT2D eigenvalue weighted by atomic mass is 35.5. The zero-order chi connectivity index (χ0) is 19.1. The molecular weight excluding hydrogens is 378 g/mol. The predicted octanol–water partition coefficient (Wildman–Crippen LogP) is 2.32. The van der Waals surface area contributed by atoms with Crippen LogP contribution in [0.4, 0.5) is 0 Å². The molecule has 26 heavy (non-hydrogen) atoms. The number of hydrogen-bond donors (Lipinski definition) is 1. The molecule has 142 valence electrons. The molecule has 0 radical (unpaired) electrons. The molecule has 1 saturated heterocycles. The molecular formula is C18H22ClNO5S. The average Bonchev–Trinajstić information content (AvgIpc) is 3.22. The summed E-state index contributed by atoms with van der Waals surface area (Å²) in [5, 5.41) is 10.2. The normalized spacial score (nSPS) is 25.4. The Balaban J connectivity index is 1.91. The lowest BCUT2D eigenvalue weighted by Crippen LogP contribution is -2.51. The Morgan fingerprint density at radius 2 is 1.73 bits per heavy atom. The van der Waals surface area contributed by atoms with Gasteiger partial charge in [0.05, 0.1) is 5.92 Å². The number of benzene rings is 1. The van der Waals surface area contributed by atoms with Crippen LogP contribution < -0.4 is 0 Å². The minimum absolute atomic E-state index is 0.0265. The van der Waals surface area contributed by atoms with Crippen molar-refractivity contribution in [1.82, 2.24) is 4.90 Å². The number of nitrogens with zero attached hydrogens (tertiary/aromatic N) is 1. The molecule has 1 amide bonds. The molecule has 8 heteroatoms. The molecule has 3 rings (SSSR count). The molecule has 2 fully saturated rings. The molecule has 0 aromatic heterocycles. The second-order valence-electron chi connectivity index (χ2n) is 7.29. The highest BCUT2D eigenvalue weighted by Crippen LogP contribution is 2.41. The number of likely N-dealkylation sites (tertiary alicyclic amines) is 1. The summed E-state index contributed by atoms with van der Waals surface area (Å²) in [6.45, 7) is 0.230. The fourth-order valence-electron chi connectivity index (χ4n) is 4.25. The van der Waals surface area contributed by atoms with Gasteiger partial charge < -0.3 is 10.0 Å². The van der Waals surface area contributed by atoms with Gasteiger partial charge in [0.15, 0.2) is 14.6 Å². The Kier molecular flexibility index (Phi) is 5.05. The molecule has 2 atom stereocenters. The van der Waals surface area contributed by atoms with Gasteiger partial charge in [-0.25, -0.2) is 8.42 Å². The van der Waals surface area contributed by atoms with Crippen molar-refractivity contribution in [2.45, 2.75) is 36.3 Å². The van der Waals surface area contributed by atoms with Crippen LogP contribution in [0.3, 0.4) is 0 Å². The Morgan fingerprint density at radius 3 is 2.23 bits per heavy atom. The van der Waals surface area contributed by atoms with Crippen LogP contribution in [0.25, 0.3) is 0 Å². The smallest absolute Gasteiger partial charge is 0.308 e. The van der Waals surface area contributed by atoms with Crippen LogP contribution in [0.2, 0.25) is 5.02 Å². The first-order valence-corrected chi connectivity index (χ1v) is 10.9. The summed E-state index contributed by atoms with van der Waals surface area (Å²) in [4.78, 5) is 26.3. The fourth-order valence-corrected chi connectivity index (χ4v) is 5.85. The van der Waals surface area contributed by atoms with E-state index in [-0.39, 0.29) is 19.0 Å². The maximum absolute atomic E-state index is 13.1. The number of carbonyl (C=O) groups is 2. The number of aliphatic carboxylic acids is 1. The number of rotatable bonds is 4. The van der Waals surface area contributed by atoms with Crippen LogP contribution >= 0.6 is 11.6 Å². The summed E-state index contributed by atoms with van der Waals surface area (Å²) in [5.41, 5.74) is 0.789. The number of carboxylic acid groups (broad SMARTS) is 1. The fraction of sp³-hybridized carbons (Fsp3) is 0.556. The van der Waals surface area contributed by atoms with Gasteiger partial charge in [0, 0.05) is 30.3 Å². The molecule has 0 unspecified atom stereocenters. The van der Waals surface area contributed by atoms with E-state index in [1.54, 1.807) is 24.3 Å². The molecule has 6 nitrogen and oxygen atoms in total. The van der Waals surface area contributed by atoms with E-state index in [0.29, 0.717) is 30.7 Å². The van der Waals surface area contributed by atoms with Gasteiger partial charge in [-0.3, -0.25) is 9.59 Å². The number of amides is 1. The molecule has 1 saturated carbocycles. The van der Waals surface area contributed by atoms with Gasteiger partial charge in [-0.2, -0.15) is 0 Å². The third-order valence-electron chi connectivity index (χ3n) is 5.73. The van der Waals surface area contributed by atoms with Crippen molar-refractivity contribution in [3.05, 3.63) is 34.9 Å². The third kappa shape index (κ3) is 3.22. The lowest BCUT2D eigenvalue weighted by Gasteiger charge is -2.30. The van der Waals surface area contributed by atoms with Gasteiger partial charge in [-0.1, -0.05) is 36.6 Å². The molecule has 0 spiro atoms. The highest BCUT2D eigenvalue weighted by Gasteiger charge is 2.54. The number of hydrogen-bond acceptors (Lipinski definition) is 4. The summed E-state index contributed by atoms with van der Waals surface area (Å²) >= 11 is 5.90. The van der Waals surface area contributed by atoms with Gasteiger partial charge in [0.2, 0.25) is 5.91 Å². The minimum atomic E-state index is -3.58. The van der Waals surface area contributed by atoms with E-state index in [9.17, 15) is 23.1 Å². The van der Waals surface area contributed by atoms with Crippen molar-refractivity contribution in [2.24, 2.45) is 5.92 Å². The van der Waals surface area contributed by atoms with E-state index >= 15 is 0 Å². The summed E-state index contributed by atoms with van der Waals surface area (Å²) in [6, 6.07) is 6.90. The quantitative estimate of drug-likeness (QED) is 0.838. The van der Waals surface area contributed by atoms with Crippen LogP contribution in [0.5, 0.6) is 0 Å². The topological polar surface area (TPSA) is 91.8 Å². The van der Waals surface area contributed by atoms with Crippen molar-refractivity contribution in [3.8, 4) is 0 Å². The summed E-state index contributed by atoms with van der Waals surface area (Å²) in [5.74, 6) is -2.58. The standard InChI is InChI=1S/C18H22ClNO5S/c1-26(24,25)18(8-2-3-9-18)17(23)20-10-14(15(11-20)16(21)22)12-4-6-13(19)7-5-12/h4-7,14-15H,2-3,8-11H2,1H3,(H,21,22)/t14-,15+/m0/s1. The monoisotopic (exact) mass is 399 g/mol. The van der Waals surface area contributed by atoms with E-state index in [4.69, 9.17) is 11.6 Å². The maximum atomic E-state index is 13.1. The minimum Gasteiger partial charge on any atom is -0.481 e. The van der Waals surface area contributed by atoms with Crippen molar-refractivity contribution < 1.29 is 23.1 Å². The van der Waals surface area contributed by atoms with E-state index in [0.717, 1.165) is 11.8 Å². The Bertz CT molecular complexity index is 814. The second-order valence-corrected chi connectivity index (χ2v) is 10.0. The SMILES string of the molecule is CS(=O)(=O)C1(C(=O)N2C[C@@H](C(=O)O)[C@H](c3ccc(Cl)cc3)C2)CCCC1. The molecule has 2 aliphatic rings. The average molecular weight is 400 g/mol. The summed E-state index contributed by atoms with van der Waals surface area (Å²) < 4.78 is 23.4. The number of carboxylic acids is 1. The zero-order valence-electron chi connectivity index (χ0n) is 14.5. The maximum Gasteiger partial charge on any atom is 0.308 e. The van der Waals surface area contributed by atoms with Gasteiger partial charge >= 0.3 is 5.97 Å². The zero-order valence-corrected chi connectivity index (χ0v) is 16.1. The largest absolute Gasteiger partial charge is 0.481 e. The summed E-state index contributed by atoms with van der Waals surface area (Å²) in [7, 11) is -3.58. The van der Waals surface area contributed by atoms with Crippen molar-refractivity contribution in [1.29, 1.82) is 0 Å². The molecule has 1 aliphatic carbocycles. The molecule has 1 aromatic rings. The van der Waals surface area contributed by atoms with Crippen molar-refractivity contribution >= 4 is 33.3 Å². The molecule has 1 heterocycles. The van der Waals surface area contributed by atoms with Crippen molar-refractivity contribution in [2.75, 3.05) is 19.3 Å².